The predicted molar refractivity (Wildman–Crippen MR) is 76.8 cm³/mol. The van der Waals surface area contributed by atoms with E-state index in [1.165, 1.54) is 37.3 Å². The molecule has 1 amide bonds. The van der Waals surface area contributed by atoms with Gasteiger partial charge in [-0.15, -0.1) is 0 Å². The molecular formula is C13H20N4OS. The van der Waals surface area contributed by atoms with E-state index in [9.17, 15) is 4.79 Å². The van der Waals surface area contributed by atoms with E-state index in [1.54, 1.807) is 0 Å². The molecule has 5 nitrogen and oxygen atoms in total. The van der Waals surface area contributed by atoms with Gasteiger partial charge in [0.1, 0.15) is 4.88 Å². The van der Waals surface area contributed by atoms with Crippen molar-refractivity contribution in [3.8, 4) is 0 Å². The van der Waals surface area contributed by atoms with Crippen LogP contribution >= 0.6 is 11.3 Å². The number of aromatic nitrogens is 1. The zero-order chi connectivity index (χ0) is 13.4. The van der Waals surface area contributed by atoms with Crippen LogP contribution in [0.15, 0.2) is 0 Å². The molecule has 0 spiro atoms. The molecule has 104 valence electrons. The lowest BCUT2D eigenvalue weighted by Gasteiger charge is -2.44. The zero-order valence-electron chi connectivity index (χ0n) is 11.4. The van der Waals surface area contributed by atoms with Crippen molar-refractivity contribution in [3.05, 3.63) is 10.6 Å². The van der Waals surface area contributed by atoms with Crippen LogP contribution in [-0.2, 0) is 0 Å². The van der Waals surface area contributed by atoms with Crippen LogP contribution in [0.25, 0.3) is 0 Å². The third kappa shape index (κ3) is 2.47. The van der Waals surface area contributed by atoms with Crippen LogP contribution in [0.3, 0.4) is 0 Å². The van der Waals surface area contributed by atoms with Crippen LogP contribution in [0.4, 0.5) is 5.13 Å². The number of anilines is 1. The maximum Gasteiger partial charge on any atom is 0.263 e. The molecule has 19 heavy (non-hydrogen) atoms. The maximum atomic E-state index is 12.4. The van der Waals surface area contributed by atoms with Crippen LogP contribution in [-0.4, -0.2) is 48.5 Å². The van der Waals surface area contributed by atoms with Gasteiger partial charge >= 0.3 is 0 Å². The van der Waals surface area contributed by atoms with Crippen LogP contribution in [0.5, 0.6) is 0 Å². The first-order valence-electron chi connectivity index (χ1n) is 6.86. The molecule has 2 bridgehead atoms. The Morgan fingerprint density at radius 3 is 2.68 bits per heavy atom. The summed E-state index contributed by atoms with van der Waals surface area (Å²) in [7, 11) is 1.83. The van der Waals surface area contributed by atoms with Crippen molar-refractivity contribution in [2.75, 3.05) is 32.0 Å². The molecule has 3 aliphatic rings. The lowest BCUT2D eigenvalue weighted by Crippen LogP contribution is -2.57. The minimum atomic E-state index is 0.0373. The number of thiazole rings is 1. The molecule has 3 fully saturated rings. The van der Waals surface area contributed by atoms with Gasteiger partial charge in [-0.3, -0.25) is 4.79 Å². The summed E-state index contributed by atoms with van der Waals surface area (Å²) in [4.78, 5) is 19.9. The number of amides is 1. The van der Waals surface area contributed by atoms with E-state index >= 15 is 0 Å². The summed E-state index contributed by atoms with van der Waals surface area (Å²) < 4.78 is 0. The Hall–Kier alpha value is -1.14. The lowest BCUT2D eigenvalue weighted by molar-refractivity contribution is 0.0622. The Kier molecular flexibility index (Phi) is 3.45. The average molecular weight is 280 g/mol. The largest absolute Gasteiger partial charge is 0.365 e. The third-order valence-corrected chi connectivity index (χ3v) is 5.36. The monoisotopic (exact) mass is 280 g/mol. The third-order valence-electron chi connectivity index (χ3n) is 4.19. The van der Waals surface area contributed by atoms with Crippen molar-refractivity contribution in [2.24, 2.45) is 5.92 Å². The summed E-state index contributed by atoms with van der Waals surface area (Å²) in [5, 5.41) is 7.00. The molecule has 0 saturated carbocycles. The first-order chi connectivity index (χ1) is 9.17. The first-order valence-corrected chi connectivity index (χ1v) is 7.67. The van der Waals surface area contributed by atoms with Gasteiger partial charge in [0.05, 0.1) is 5.69 Å². The van der Waals surface area contributed by atoms with Gasteiger partial charge in [0, 0.05) is 19.6 Å². The first kappa shape index (κ1) is 12.9. The highest BCUT2D eigenvalue weighted by Crippen LogP contribution is 2.28. The number of nitrogens with zero attached hydrogens (tertiary/aromatic N) is 2. The zero-order valence-corrected chi connectivity index (χ0v) is 12.2. The summed E-state index contributed by atoms with van der Waals surface area (Å²) in [5.74, 6) is 0.696. The Bertz CT molecular complexity index is 479. The van der Waals surface area contributed by atoms with Crippen molar-refractivity contribution in [3.63, 3.8) is 0 Å². The van der Waals surface area contributed by atoms with E-state index in [1.807, 2.05) is 14.0 Å². The molecule has 4 heterocycles. The Balaban J connectivity index is 1.69. The van der Waals surface area contributed by atoms with Crippen molar-refractivity contribution >= 4 is 22.4 Å². The molecule has 1 unspecified atom stereocenters. The number of nitrogens with one attached hydrogen (secondary N) is 2. The number of aryl methyl sites for hydroxylation is 1. The summed E-state index contributed by atoms with van der Waals surface area (Å²) in [5.41, 5.74) is 0.813. The standard InChI is InChI=1S/C13H20N4OS/c1-8-11(19-13(14-2)15-8)12(18)16-10-7-17-5-3-9(10)4-6-17/h9-10H,3-7H2,1-2H3,(H,14,15)(H,16,18). The fourth-order valence-electron chi connectivity index (χ4n) is 3.08. The highest BCUT2D eigenvalue weighted by Gasteiger charge is 2.35. The van der Waals surface area contributed by atoms with Crippen molar-refractivity contribution in [1.82, 2.24) is 15.2 Å². The fraction of sp³-hybridized carbons (Fsp3) is 0.692. The topological polar surface area (TPSA) is 57.3 Å². The summed E-state index contributed by atoms with van der Waals surface area (Å²) in [6.45, 7) is 5.29. The molecule has 1 aromatic heterocycles. The van der Waals surface area contributed by atoms with Gasteiger partial charge < -0.3 is 15.5 Å². The normalized spacial score (nSPS) is 29.3. The van der Waals surface area contributed by atoms with Crippen molar-refractivity contribution in [2.45, 2.75) is 25.8 Å². The molecule has 0 aliphatic carbocycles. The van der Waals surface area contributed by atoms with Gasteiger partial charge in [0.2, 0.25) is 0 Å². The van der Waals surface area contributed by atoms with Gasteiger partial charge in [-0.2, -0.15) is 0 Å². The molecule has 0 radical (unpaired) electrons. The molecule has 3 saturated heterocycles. The second kappa shape index (κ2) is 5.09. The fourth-order valence-corrected chi connectivity index (χ4v) is 3.90. The molecular weight excluding hydrogens is 260 g/mol. The van der Waals surface area contributed by atoms with Gasteiger partial charge in [-0.05, 0) is 38.8 Å². The highest BCUT2D eigenvalue weighted by atomic mass is 32.1. The second-order valence-corrected chi connectivity index (χ2v) is 6.40. The van der Waals surface area contributed by atoms with Gasteiger partial charge in [-0.1, -0.05) is 11.3 Å². The highest BCUT2D eigenvalue weighted by molar-refractivity contribution is 7.17. The summed E-state index contributed by atoms with van der Waals surface area (Å²) in [6, 6.07) is 0.314. The quantitative estimate of drug-likeness (QED) is 0.877. The number of fused-ring (bicyclic) bond motifs is 3. The van der Waals surface area contributed by atoms with Crippen molar-refractivity contribution in [1.29, 1.82) is 0 Å². The molecule has 6 heteroatoms. The van der Waals surface area contributed by atoms with Gasteiger partial charge in [-0.25, -0.2) is 4.98 Å². The molecule has 4 rings (SSSR count). The minimum absolute atomic E-state index is 0.0373. The maximum absolute atomic E-state index is 12.4. The SMILES string of the molecule is CNc1nc(C)c(C(=O)NC2CN3CCC2CC3)s1. The predicted octanol–water partition coefficient (Wildman–Crippen LogP) is 1.32. The number of hydrogen-bond donors (Lipinski definition) is 2. The molecule has 3 aliphatic heterocycles. The van der Waals surface area contributed by atoms with Crippen LogP contribution < -0.4 is 10.6 Å². The smallest absolute Gasteiger partial charge is 0.263 e. The van der Waals surface area contributed by atoms with Crippen LogP contribution in [0, 0.1) is 12.8 Å². The van der Waals surface area contributed by atoms with Crippen molar-refractivity contribution < 1.29 is 4.79 Å². The molecule has 2 N–H and O–H groups in total. The van der Waals surface area contributed by atoms with E-state index in [0.717, 1.165) is 22.2 Å². The summed E-state index contributed by atoms with van der Waals surface area (Å²) in [6.07, 6.45) is 2.43. The van der Waals surface area contributed by atoms with E-state index in [0.29, 0.717) is 12.0 Å². The van der Waals surface area contributed by atoms with Crippen LogP contribution in [0.2, 0.25) is 0 Å². The van der Waals surface area contributed by atoms with Gasteiger partial charge in [0.25, 0.3) is 5.91 Å². The van der Waals surface area contributed by atoms with E-state index < -0.39 is 0 Å². The number of piperidine rings is 3. The number of rotatable bonds is 3. The van der Waals surface area contributed by atoms with Gasteiger partial charge in [0.15, 0.2) is 5.13 Å². The van der Waals surface area contributed by atoms with E-state index in [-0.39, 0.29) is 5.91 Å². The molecule has 1 atom stereocenters. The second-order valence-electron chi connectivity index (χ2n) is 5.40. The number of hydrogen-bond acceptors (Lipinski definition) is 5. The average Bonchev–Trinajstić information content (AvgIpc) is 2.81. The Labute approximate surface area is 117 Å². The number of carbonyl (C=O) groups excluding carboxylic acids is 1. The van der Waals surface area contributed by atoms with E-state index in [4.69, 9.17) is 0 Å². The van der Waals surface area contributed by atoms with E-state index in [2.05, 4.69) is 20.5 Å². The molecule has 0 aromatic carbocycles. The van der Waals surface area contributed by atoms with Crippen LogP contribution in [0.1, 0.15) is 28.2 Å². The Morgan fingerprint density at radius 2 is 2.16 bits per heavy atom. The minimum Gasteiger partial charge on any atom is -0.365 e. The number of carbonyl (C=O) groups is 1. The molecule has 1 aromatic rings. The lowest BCUT2D eigenvalue weighted by atomic mass is 9.84. The summed E-state index contributed by atoms with van der Waals surface area (Å²) >= 11 is 1.43. The Morgan fingerprint density at radius 1 is 1.42 bits per heavy atom.